The molecule has 0 aromatic carbocycles. The zero-order valence-electron chi connectivity index (χ0n) is 7.03. The lowest BCUT2D eigenvalue weighted by Crippen LogP contribution is -1.86. The molecule has 0 spiro atoms. The quantitative estimate of drug-likeness (QED) is 0.654. The Hall–Kier alpha value is -0.760. The Labute approximate surface area is 76.9 Å². The Bertz CT molecular complexity index is 292. The predicted molar refractivity (Wildman–Crippen MR) is 53.9 cm³/mol. The average Bonchev–Trinajstić information content (AvgIpc) is 2.54. The third kappa shape index (κ3) is 1.53. The summed E-state index contributed by atoms with van der Waals surface area (Å²) >= 11 is 1.92. The van der Waals surface area contributed by atoms with Gasteiger partial charge in [-0.05, 0) is 18.6 Å². The molecule has 1 aliphatic heterocycles. The van der Waals surface area contributed by atoms with E-state index in [1.54, 1.807) is 0 Å². The van der Waals surface area contributed by atoms with Crippen molar-refractivity contribution >= 4 is 16.7 Å². The lowest BCUT2D eigenvalue weighted by Gasteiger charge is -2.01. The molecule has 0 fully saturated rings. The van der Waals surface area contributed by atoms with Crippen LogP contribution < -0.4 is 0 Å². The fraction of sp³-hybridized carbons (Fsp3) is 0.300. The van der Waals surface area contributed by atoms with Crippen LogP contribution in [0, 0.1) is 0 Å². The molecule has 1 aromatic heterocycles. The van der Waals surface area contributed by atoms with Crippen LogP contribution in [0.2, 0.25) is 0 Å². The van der Waals surface area contributed by atoms with E-state index in [1.165, 1.54) is 11.3 Å². The van der Waals surface area contributed by atoms with Crippen molar-refractivity contribution in [2.75, 3.05) is 0 Å². The average molecular weight is 177 g/mol. The van der Waals surface area contributed by atoms with Crippen molar-refractivity contribution in [3.05, 3.63) is 36.2 Å². The van der Waals surface area contributed by atoms with Gasteiger partial charge >= 0.3 is 0 Å². The first-order valence-corrected chi connectivity index (χ1v) is 5.02. The zero-order valence-corrected chi connectivity index (χ0v) is 7.84. The van der Waals surface area contributed by atoms with Crippen LogP contribution in [0.4, 0.5) is 0 Å². The normalized spacial score (nSPS) is 22.4. The number of rotatable bonds is 1. The summed E-state index contributed by atoms with van der Waals surface area (Å²) in [6, 6.07) is 6.05. The number of allylic oxidation sites excluding steroid dienone is 1. The second kappa shape index (κ2) is 3.31. The summed E-state index contributed by atoms with van der Waals surface area (Å²) in [5.41, 5.74) is 1.12. The summed E-state index contributed by atoms with van der Waals surface area (Å²) in [6.07, 6.45) is 5.30. The third-order valence-corrected chi connectivity index (χ3v) is 3.11. The van der Waals surface area contributed by atoms with E-state index in [4.69, 9.17) is 0 Å². The molecule has 1 aliphatic rings. The summed E-state index contributed by atoms with van der Waals surface area (Å²) in [5, 5.41) is 0.724. The molecule has 0 N–H and O–H groups in total. The number of hydrogen-bond donors (Lipinski definition) is 0. The maximum absolute atomic E-state index is 4.31. The van der Waals surface area contributed by atoms with Crippen molar-refractivity contribution in [3.8, 4) is 0 Å². The third-order valence-electron chi connectivity index (χ3n) is 1.88. The van der Waals surface area contributed by atoms with Crippen molar-refractivity contribution < 1.29 is 0 Å². The molecule has 0 aliphatic carbocycles. The van der Waals surface area contributed by atoms with Crippen LogP contribution >= 0.6 is 11.8 Å². The highest BCUT2D eigenvalue weighted by molar-refractivity contribution is 8.09. The lowest BCUT2D eigenvalue weighted by molar-refractivity contribution is 1.00. The van der Waals surface area contributed by atoms with Crippen LogP contribution in [0.25, 0.3) is 4.91 Å². The van der Waals surface area contributed by atoms with Gasteiger partial charge in [0.05, 0.1) is 5.69 Å². The molecule has 2 rings (SSSR count). The molecule has 1 atom stereocenters. The topological polar surface area (TPSA) is 12.9 Å². The summed E-state index contributed by atoms with van der Waals surface area (Å²) < 4.78 is 0. The number of pyridine rings is 1. The van der Waals surface area contributed by atoms with E-state index in [0.29, 0.717) is 0 Å². The van der Waals surface area contributed by atoms with Crippen LogP contribution in [0.15, 0.2) is 30.5 Å². The van der Waals surface area contributed by atoms with Crippen LogP contribution in [-0.4, -0.2) is 10.2 Å². The first-order chi connectivity index (χ1) is 5.86. The van der Waals surface area contributed by atoms with Gasteiger partial charge < -0.3 is 0 Å². The van der Waals surface area contributed by atoms with E-state index in [0.717, 1.165) is 10.9 Å². The molecule has 2 heteroatoms. The Balaban J connectivity index is 2.22. The van der Waals surface area contributed by atoms with Gasteiger partial charge in [-0.2, -0.15) is 0 Å². The van der Waals surface area contributed by atoms with E-state index in [2.05, 4.69) is 24.1 Å². The van der Waals surface area contributed by atoms with Crippen LogP contribution in [0.1, 0.15) is 19.0 Å². The summed E-state index contributed by atoms with van der Waals surface area (Å²) in [7, 11) is 0. The van der Waals surface area contributed by atoms with Crippen LogP contribution in [0.5, 0.6) is 0 Å². The highest BCUT2D eigenvalue weighted by Gasteiger charge is 2.14. The van der Waals surface area contributed by atoms with Crippen molar-refractivity contribution in [2.24, 2.45) is 0 Å². The van der Waals surface area contributed by atoms with E-state index in [9.17, 15) is 0 Å². The van der Waals surface area contributed by atoms with Gasteiger partial charge in [0.2, 0.25) is 0 Å². The van der Waals surface area contributed by atoms with Crippen molar-refractivity contribution in [2.45, 2.75) is 18.6 Å². The Morgan fingerprint density at radius 2 is 2.42 bits per heavy atom. The Kier molecular flexibility index (Phi) is 2.17. The minimum Gasteiger partial charge on any atom is -0.256 e. The molecule has 1 aromatic rings. The lowest BCUT2D eigenvalue weighted by atomic mass is 10.2. The van der Waals surface area contributed by atoms with E-state index in [1.807, 2.05) is 30.1 Å². The molecule has 0 bridgehead atoms. The summed E-state index contributed by atoms with van der Waals surface area (Å²) in [4.78, 5) is 5.64. The standard InChI is InChI=1S/C10H11NS/c1-8-5-6-10(12-8)9-4-2-3-7-11-9/h2-4,6-8H,5H2,1H3. The Morgan fingerprint density at radius 1 is 1.50 bits per heavy atom. The van der Waals surface area contributed by atoms with Crippen molar-refractivity contribution in [1.29, 1.82) is 0 Å². The molecule has 0 radical (unpaired) electrons. The van der Waals surface area contributed by atoms with Gasteiger partial charge in [0.1, 0.15) is 0 Å². The van der Waals surface area contributed by atoms with E-state index in [-0.39, 0.29) is 0 Å². The largest absolute Gasteiger partial charge is 0.256 e. The number of hydrogen-bond acceptors (Lipinski definition) is 2. The van der Waals surface area contributed by atoms with Crippen LogP contribution in [0.3, 0.4) is 0 Å². The molecule has 0 saturated carbocycles. The van der Waals surface area contributed by atoms with Gasteiger partial charge in [-0.3, -0.25) is 4.98 Å². The maximum atomic E-state index is 4.31. The molecular weight excluding hydrogens is 166 g/mol. The highest BCUT2D eigenvalue weighted by atomic mass is 32.2. The first-order valence-electron chi connectivity index (χ1n) is 4.14. The first kappa shape index (κ1) is 7.87. The molecule has 1 nitrogen and oxygen atoms in total. The SMILES string of the molecule is CC1CC=C(c2ccccn2)S1. The second-order valence-corrected chi connectivity index (χ2v) is 4.43. The smallest absolute Gasteiger partial charge is 0.0762 e. The van der Waals surface area contributed by atoms with Gasteiger partial charge in [0.15, 0.2) is 0 Å². The molecule has 0 saturated heterocycles. The van der Waals surface area contributed by atoms with E-state index < -0.39 is 0 Å². The fourth-order valence-electron chi connectivity index (χ4n) is 1.26. The monoisotopic (exact) mass is 177 g/mol. The predicted octanol–water partition coefficient (Wildman–Crippen LogP) is 2.95. The van der Waals surface area contributed by atoms with Crippen molar-refractivity contribution in [1.82, 2.24) is 4.98 Å². The molecular formula is C10H11NS. The molecule has 0 amide bonds. The van der Waals surface area contributed by atoms with Gasteiger partial charge in [-0.15, -0.1) is 11.8 Å². The second-order valence-electron chi connectivity index (χ2n) is 2.95. The number of aromatic nitrogens is 1. The van der Waals surface area contributed by atoms with Crippen molar-refractivity contribution in [3.63, 3.8) is 0 Å². The highest BCUT2D eigenvalue weighted by Crippen LogP contribution is 2.37. The van der Waals surface area contributed by atoms with Gasteiger partial charge in [0.25, 0.3) is 0 Å². The molecule has 12 heavy (non-hydrogen) atoms. The molecule has 62 valence electrons. The van der Waals surface area contributed by atoms with Crippen LogP contribution in [-0.2, 0) is 0 Å². The summed E-state index contributed by atoms with van der Waals surface area (Å²) in [5.74, 6) is 0. The molecule has 2 heterocycles. The molecule has 1 unspecified atom stereocenters. The Morgan fingerprint density at radius 3 is 3.00 bits per heavy atom. The van der Waals surface area contributed by atoms with Gasteiger partial charge in [0, 0.05) is 16.4 Å². The van der Waals surface area contributed by atoms with E-state index >= 15 is 0 Å². The van der Waals surface area contributed by atoms with Gasteiger partial charge in [-0.1, -0.05) is 19.1 Å². The minimum absolute atomic E-state index is 0.724. The van der Waals surface area contributed by atoms with Gasteiger partial charge in [-0.25, -0.2) is 0 Å². The number of thioether (sulfide) groups is 1. The fourth-order valence-corrected chi connectivity index (χ4v) is 2.32. The number of nitrogens with zero attached hydrogens (tertiary/aromatic N) is 1. The minimum atomic E-state index is 0.724. The zero-order chi connectivity index (χ0) is 8.39. The maximum Gasteiger partial charge on any atom is 0.0762 e. The summed E-state index contributed by atoms with van der Waals surface area (Å²) in [6.45, 7) is 2.25.